The lowest BCUT2D eigenvalue weighted by Crippen LogP contribution is -2.23. The first kappa shape index (κ1) is 8.90. The number of hydrogen-bond acceptors (Lipinski definition) is 3. The van der Waals surface area contributed by atoms with Crippen molar-refractivity contribution in [1.29, 1.82) is 0 Å². The molecule has 66 valence electrons. The van der Waals surface area contributed by atoms with Crippen LogP contribution in [0.25, 0.3) is 0 Å². The molecule has 0 amide bonds. The van der Waals surface area contributed by atoms with Gasteiger partial charge in [0.15, 0.2) is 0 Å². The number of aromatic nitrogens is 3. The van der Waals surface area contributed by atoms with Crippen molar-refractivity contribution in [3.8, 4) is 0 Å². The van der Waals surface area contributed by atoms with Crippen molar-refractivity contribution >= 4 is 6.29 Å². The van der Waals surface area contributed by atoms with E-state index >= 15 is 0 Å². The minimum Gasteiger partial charge on any atom is -0.318 e. The molecule has 0 fully saturated rings. The lowest BCUT2D eigenvalue weighted by molar-refractivity contribution is -0.111. The van der Waals surface area contributed by atoms with Crippen molar-refractivity contribution in [3.05, 3.63) is 11.6 Å². The Kier molecular flexibility index (Phi) is 2.00. The highest BCUT2D eigenvalue weighted by Crippen LogP contribution is 2.17. The van der Waals surface area contributed by atoms with E-state index in [0.29, 0.717) is 5.82 Å². The second-order valence-electron chi connectivity index (χ2n) is 3.47. The molecule has 0 bridgehead atoms. The number of nitrogens with zero attached hydrogens (tertiary/aromatic N) is 3. The van der Waals surface area contributed by atoms with Crippen LogP contribution in [0.5, 0.6) is 0 Å². The first-order valence-corrected chi connectivity index (χ1v) is 3.82. The Morgan fingerprint density at radius 2 is 2.00 bits per heavy atom. The van der Waals surface area contributed by atoms with E-state index in [1.165, 1.54) is 0 Å². The third kappa shape index (κ3) is 1.24. The number of hydrogen-bond donors (Lipinski definition) is 0. The summed E-state index contributed by atoms with van der Waals surface area (Å²) in [5.74, 6) is 1.52. The zero-order valence-electron chi connectivity index (χ0n) is 7.83. The second kappa shape index (κ2) is 2.69. The molecule has 1 heterocycles. The highest BCUT2D eigenvalue weighted by molar-refractivity contribution is 5.64. The van der Waals surface area contributed by atoms with Crippen molar-refractivity contribution in [1.82, 2.24) is 14.8 Å². The summed E-state index contributed by atoms with van der Waals surface area (Å²) >= 11 is 0. The van der Waals surface area contributed by atoms with Crippen molar-refractivity contribution in [2.45, 2.75) is 26.2 Å². The minimum atomic E-state index is -0.546. The summed E-state index contributed by atoms with van der Waals surface area (Å²) in [7, 11) is 1.86. The molecule has 4 nitrogen and oxygen atoms in total. The quantitative estimate of drug-likeness (QED) is 0.606. The molecule has 0 spiro atoms. The molecule has 0 N–H and O–H groups in total. The van der Waals surface area contributed by atoms with Crippen LogP contribution in [0.4, 0.5) is 0 Å². The molecule has 0 aromatic carbocycles. The third-order valence-electron chi connectivity index (χ3n) is 1.96. The van der Waals surface area contributed by atoms with Gasteiger partial charge in [-0.15, -0.1) is 10.2 Å². The maximum Gasteiger partial charge on any atom is 0.145 e. The lowest BCUT2D eigenvalue weighted by atomic mass is 9.95. The van der Waals surface area contributed by atoms with Crippen molar-refractivity contribution in [2.24, 2.45) is 7.05 Å². The Labute approximate surface area is 71.6 Å². The smallest absolute Gasteiger partial charge is 0.145 e. The molecule has 12 heavy (non-hydrogen) atoms. The van der Waals surface area contributed by atoms with Crippen LogP contribution in [0.3, 0.4) is 0 Å². The molecule has 0 saturated carbocycles. The van der Waals surface area contributed by atoms with Gasteiger partial charge in [0.2, 0.25) is 0 Å². The van der Waals surface area contributed by atoms with E-state index < -0.39 is 5.41 Å². The molecule has 1 rings (SSSR count). The molecule has 0 unspecified atom stereocenters. The molecule has 0 saturated heterocycles. The van der Waals surface area contributed by atoms with Crippen LogP contribution in [0, 0.1) is 6.92 Å². The SMILES string of the molecule is Cc1nnc(C(C)(C)C=O)n1C. The normalized spacial score (nSPS) is 11.7. The van der Waals surface area contributed by atoms with Gasteiger partial charge in [0.25, 0.3) is 0 Å². The van der Waals surface area contributed by atoms with Gasteiger partial charge in [-0.3, -0.25) is 0 Å². The highest BCUT2D eigenvalue weighted by Gasteiger charge is 2.25. The van der Waals surface area contributed by atoms with Crippen LogP contribution in [-0.4, -0.2) is 21.1 Å². The molecule has 0 aliphatic rings. The number of carbonyl (C=O) groups is 1. The van der Waals surface area contributed by atoms with E-state index in [1.807, 2.05) is 32.4 Å². The van der Waals surface area contributed by atoms with Crippen LogP contribution < -0.4 is 0 Å². The second-order valence-corrected chi connectivity index (χ2v) is 3.47. The van der Waals surface area contributed by atoms with E-state index in [-0.39, 0.29) is 0 Å². The summed E-state index contributed by atoms with van der Waals surface area (Å²) in [4.78, 5) is 10.7. The Bertz CT molecular complexity index is 301. The predicted octanol–water partition coefficient (Wildman–Crippen LogP) is 0.600. The van der Waals surface area contributed by atoms with E-state index in [0.717, 1.165) is 12.1 Å². The Morgan fingerprint density at radius 3 is 2.33 bits per heavy atom. The number of aldehydes is 1. The van der Waals surface area contributed by atoms with Gasteiger partial charge in [-0.1, -0.05) is 0 Å². The van der Waals surface area contributed by atoms with Crippen LogP contribution in [0.2, 0.25) is 0 Å². The minimum absolute atomic E-state index is 0.546. The van der Waals surface area contributed by atoms with Crippen molar-refractivity contribution < 1.29 is 4.79 Å². The monoisotopic (exact) mass is 167 g/mol. The summed E-state index contributed by atoms with van der Waals surface area (Å²) in [6, 6.07) is 0. The fraction of sp³-hybridized carbons (Fsp3) is 0.625. The first-order chi connectivity index (χ1) is 5.49. The Balaban J connectivity index is 3.19. The van der Waals surface area contributed by atoms with E-state index in [1.54, 1.807) is 0 Å². The molecule has 0 atom stereocenters. The molecule has 1 aromatic heterocycles. The van der Waals surface area contributed by atoms with Gasteiger partial charge in [0.1, 0.15) is 17.9 Å². The largest absolute Gasteiger partial charge is 0.318 e. The summed E-state index contributed by atoms with van der Waals surface area (Å²) in [6.45, 7) is 5.50. The van der Waals surface area contributed by atoms with Crippen LogP contribution in [-0.2, 0) is 17.3 Å². The fourth-order valence-corrected chi connectivity index (χ4v) is 1.02. The van der Waals surface area contributed by atoms with Gasteiger partial charge >= 0.3 is 0 Å². The summed E-state index contributed by atoms with van der Waals surface area (Å²) in [6.07, 6.45) is 0.885. The number of carbonyl (C=O) groups excluding carboxylic acids is 1. The summed E-state index contributed by atoms with van der Waals surface area (Å²) in [5, 5.41) is 7.82. The Morgan fingerprint density at radius 1 is 1.42 bits per heavy atom. The highest BCUT2D eigenvalue weighted by atomic mass is 16.1. The zero-order chi connectivity index (χ0) is 9.35. The number of rotatable bonds is 2. The molecular weight excluding hydrogens is 154 g/mol. The maximum atomic E-state index is 10.7. The van der Waals surface area contributed by atoms with Crippen molar-refractivity contribution in [3.63, 3.8) is 0 Å². The summed E-state index contributed by atoms with van der Waals surface area (Å²) in [5.41, 5.74) is -0.546. The first-order valence-electron chi connectivity index (χ1n) is 3.82. The molecular formula is C8H13N3O. The molecule has 4 heteroatoms. The van der Waals surface area contributed by atoms with Gasteiger partial charge < -0.3 is 9.36 Å². The van der Waals surface area contributed by atoms with Gasteiger partial charge in [-0.2, -0.15) is 0 Å². The molecule has 0 aliphatic heterocycles. The van der Waals surface area contributed by atoms with E-state index in [9.17, 15) is 4.79 Å². The molecule has 1 aromatic rings. The topological polar surface area (TPSA) is 47.8 Å². The zero-order valence-corrected chi connectivity index (χ0v) is 7.83. The van der Waals surface area contributed by atoms with E-state index in [4.69, 9.17) is 0 Å². The fourth-order valence-electron chi connectivity index (χ4n) is 1.02. The van der Waals surface area contributed by atoms with Gasteiger partial charge in [-0.25, -0.2) is 0 Å². The average molecular weight is 167 g/mol. The number of aryl methyl sites for hydroxylation is 1. The van der Waals surface area contributed by atoms with E-state index in [2.05, 4.69) is 10.2 Å². The van der Waals surface area contributed by atoms with Crippen LogP contribution >= 0.6 is 0 Å². The predicted molar refractivity (Wildman–Crippen MR) is 44.8 cm³/mol. The molecule has 0 aliphatic carbocycles. The van der Waals surface area contributed by atoms with Gasteiger partial charge in [-0.05, 0) is 20.8 Å². The Hall–Kier alpha value is -1.19. The standard InChI is InChI=1S/C8H13N3O/c1-6-9-10-7(11(6)4)8(2,3)5-12/h5H,1-4H3. The average Bonchev–Trinajstić information content (AvgIpc) is 2.33. The summed E-state index contributed by atoms with van der Waals surface area (Å²) < 4.78 is 1.83. The third-order valence-corrected chi connectivity index (χ3v) is 1.96. The van der Waals surface area contributed by atoms with Gasteiger partial charge in [0, 0.05) is 7.05 Å². The van der Waals surface area contributed by atoms with Crippen LogP contribution in [0.15, 0.2) is 0 Å². The van der Waals surface area contributed by atoms with Gasteiger partial charge in [0.05, 0.1) is 5.41 Å². The molecule has 0 radical (unpaired) electrons. The van der Waals surface area contributed by atoms with Crippen molar-refractivity contribution in [2.75, 3.05) is 0 Å². The maximum absolute atomic E-state index is 10.7. The van der Waals surface area contributed by atoms with Crippen LogP contribution in [0.1, 0.15) is 25.5 Å². The lowest BCUT2D eigenvalue weighted by Gasteiger charge is -2.14.